The summed E-state index contributed by atoms with van der Waals surface area (Å²) in [6, 6.07) is -0.714. The van der Waals surface area contributed by atoms with E-state index in [1.807, 2.05) is 0 Å². The highest BCUT2D eigenvalue weighted by molar-refractivity contribution is 6.05. The fourth-order valence-corrected chi connectivity index (χ4v) is 2.28. The topological polar surface area (TPSA) is 86.7 Å². The van der Waals surface area contributed by atoms with Gasteiger partial charge in [0.1, 0.15) is 5.54 Å². The van der Waals surface area contributed by atoms with Crippen molar-refractivity contribution < 1.29 is 19.5 Å². The number of hydrogen-bond donors (Lipinski definition) is 2. The number of nitrogens with zero attached hydrogens (tertiary/aromatic N) is 1. The predicted octanol–water partition coefficient (Wildman–Crippen LogP) is 0.367. The molecule has 2 N–H and O–H groups in total. The van der Waals surface area contributed by atoms with Crippen LogP contribution in [0, 0.1) is 0 Å². The zero-order chi connectivity index (χ0) is 13.9. The highest BCUT2D eigenvalue weighted by Crippen LogP contribution is 2.21. The number of nitrogens with one attached hydrogen (secondary N) is 1. The van der Waals surface area contributed by atoms with E-state index in [-0.39, 0.29) is 18.2 Å². The Morgan fingerprint density at radius 3 is 2.28 bits per heavy atom. The minimum Gasteiger partial charge on any atom is -0.480 e. The molecule has 6 nitrogen and oxygen atoms in total. The van der Waals surface area contributed by atoms with Crippen molar-refractivity contribution in [3.05, 3.63) is 0 Å². The first-order valence-electron chi connectivity index (χ1n) is 6.27. The third kappa shape index (κ3) is 2.38. The van der Waals surface area contributed by atoms with Crippen molar-refractivity contribution in [2.75, 3.05) is 6.54 Å². The molecule has 18 heavy (non-hydrogen) atoms. The van der Waals surface area contributed by atoms with Gasteiger partial charge in [0.05, 0.1) is 12.5 Å². The molecule has 0 aromatic rings. The largest absolute Gasteiger partial charge is 0.480 e. The molecule has 1 rings (SSSR count). The summed E-state index contributed by atoms with van der Waals surface area (Å²) >= 11 is 0. The van der Waals surface area contributed by atoms with Crippen molar-refractivity contribution >= 4 is 17.8 Å². The molecule has 102 valence electrons. The highest BCUT2D eigenvalue weighted by Gasteiger charge is 2.44. The van der Waals surface area contributed by atoms with Gasteiger partial charge in [0.15, 0.2) is 0 Å². The monoisotopic (exact) mass is 256 g/mol. The van der Waals surface area contributed by atoms with E-state index >= 15 is 0 Å². The van der Waals surface area contributed by atoms with Crippen molar-refractivity contribution in [3.8, 4) is 0 Å². The average Bonchev–Trinajstić information content (AvgIpc) is 2.60. The van der Waals surface area contributed by atoms with Crippen LogP contribution in [0.2, 0.25) is 0 Å². The number of hydrogen-bond acceptors (Lipinski definition) is 4. The summed E-state index contributed by atoms with van der Waals surface area (Å²) in [5.74, 6) is -1.55. The second kappa shape index (κ2) is 5.48. The van der Waals surface area contributed by atoms with E-state index in [1.54, 1.807) is 20.8 Å². The standard InChI is InChI=1S/C12H20N2O4/c1-4-12(5-2,11(17)18)13-8-7-9(15)14(6-3)10(8)16/h8,13H,4-7H2,1-3H3,(H,17,18). The van der Waals surface area contributed by atoms with Gasteiger partial charge in [0.2, 0.25) is 11.8 Å². The fraction of sp³-hybridized carbons (Fsp3) is 0.750. The van der Waals surface area contributed by atoms with E-state index < -0.39 is 17.6 Å². The summed E-state index contributed by atoms with van der Waals surface area (Å²) in [7, 11) is 0. The SMILES string of the molecule is CCN1C(=O)CC(NC(CC)(CC)C(=O)O)C1=O. The van der Waals surface area contributed by atoms with Crippen molar-refractivity contribution in [3.63, 3.8) is 0 Å². The Labute approximate surface area is 106 Å². The lowest BCUT2D eigenvalue weighted by atomic mass is 9.91. The van der Waals surface area contributed by atoms with Crippen molar-refractivity contribution in [1.82, 2.24) is 10.2 Å². The molecule has 0 aromatic carbocycles. The molecule has 0 radical (unpaired) electrons. The molecule has 6 heteroatoms. The summed E-state index contributed by atoms with van der Waals surface area (Å²) in [6.45, 7) is 5.56. The number of amides is 2. The van der Waals surface area contributed by atoms with E-state index in [0.29, 0.717) is 19.4 Å². The first-order chi connectivity index (χ1) is 8.41. The third-order valence-electron chi connectivity index (χ3n) is 3.63. The smallest absolute Gasteiger partial charge is 0.323 e. The lowest BCUT2D eigenvalue weighted by Gasteiger charge is -2.30. The maximum atomic E-state index is 11.9. The lowest BCUT2D eigenvalue weighted by Crippen LogP contribution is -2.57. The number of carbonyl (C=O) groups is 3. The van der Waals surface area contributed by atoms with Gasteiger partial charge in [-0.1, -0.05) is 13.8 Å². The molecule has 1 aliphatic heterocycles. The minimum absolute atomic E-state index is 0.0434. The number of carboxylic acid groups (broad SMARTS) is 1. The van der Waals surface area contributed by atoms with Gasteiger partial charge < -0.3 is 5.11 Å². The summed E-state index contributed by atoms with van der Waals surface area (Å²) < 4.78 is 0. The van der Waals surface area contributed by atoms with Crippen LogP contribution in [-0.4, -0.2) is 45.9 Å². The Morgan fingerprint density at radius 2 is 1.94 bits per heavy atom. The van der Waals surface area contributed by atoms with Crippen LogP contribution in [0.25, 0.3) is 0 Å². The van der Waals surface area contributed by atoms with Crippen molar-refractivity contribution in [2.24, 2.45) is 0 Å². The van der Waals surface area contributed by atoms with Crippen LogP contribution in [0.4, 0.5) is 0 Å². The third-order valence-corrected chi connectivity index (χ3v) is 3.63. The summed E-state index contributed by atoms with van der Waals surface area (Å²) in [5, 5.41) is 12.1. The molecule has 0 saturated carbocycles. The molecule has 1 unspecified atom stereocenters. The first kappa shape index (κ1) is 14.6. The molecule has 1 heterocycles. The lowest BCUT2D eigenvalue weighted by molar-refractivity contribution is -0.146. The molecule has 1 fully saturated rings. The van der Waals surface area contributed by atoms with Gasteiger partial charge in [0, 0.05) is 6.54 Å². The Hall–Kier alpha value is -1.43. The van der Waals surface area contributed by atoms with Gasteiger partial charge in [-0.05, 0) is 19.8 Å². The predicted molar refractivity (Wildman–Crippen MR) is 64.9 cm³/mol. The number of aliphatic carboxylic acids is 1. The maximum Gasteiger partial charge on any atom is 0.323 e. The zero-order valence-corrected chi connectivity index (χ0v) is 11.0. The van der Waals surface area contributed by atoms with Crippen LogP contribution in [0.1, 0.15) is 40.0 Å². The van der Waals surface area contributed by atoms with Crippen molar-refractivity contribution in [2.45, 2.75) is 51.6 Å². The molecular formula is C12H20N2O4. The van der Waals surface area contributed by atoms with Gasteiger partial charge in [-0.2, -0.15) is 0 Å². The van der Waals surface area contributed by atoms with Gasteiger partial charge in [-0.15, -0.1) is 0 Å². The summed E-state index contributed by atoms with van der Waals surface area (Å²) in [4.78, 5) is 36.0. The Kier molecular flexibility index (Phi) is 4.45. The van der Waals surface area contributed by atoms with Crippen LogP contribution in [0.15, 0.2) is 0 Å². The second-order valence-corrected chi connectivity index (χ2v) is 4.47. The summed E-state index contributed by atoms with van der Waals surface area (Å²) in [5.41, 5.74) is -1.13. The number of rotatable bonds is 6. The second-order valence-electron chi connectivity index (χ2n) is 4.47. The molecule has 1 aliphatic rings. The molecule has 0 aromatic heterocycles. The molecule has 1 saturated heterocycles. The normalized spacial score (nSPS) is 20.6. The Morgan fingerprint density at radius 1 is 1.39 bits per heavy atom. The number of carbonyl (C=O) groups excluding carboxylic acids is 2. The number of likely N-dealkylation sites (N-methyl/N-ethyl adjacent to an activating group) is 1. The van der Waals surface area contributed by atoms with Crippen LogP contribution in [-0.2, 0) is 14.4 Å². The van der Waals surface area contributed by atoms with E-state index in [0.717, 1.165) is 4.90 Å². The molecule has 0 spiro atoms. The molecule has 0 aliphatic carbocycles. The zero-order valence-electron chi connectivity index (χ0n) is 11.0. The Balaban J connectivity index is 2.87. The van der Waals surface area contributed by atoms with Gasteiger partial charge in [0.25, 0.3) is 0 Å². The Bertz CT molecular complexity index is 363. The highest BCUT2D eigenvalue weighted by atomic mass is 16.4. The molecule has 2 amide bonds. The van der Waals surface area contributed by atoms with E-state index in [4.69, 9.17) is 0 Å². The minimum atomic E-state index is -1.13. The summed E-state index contributed by atoms with van der Waals surface area (Å²) in [6.07, 6.45) is 0.771. The number of carboxylic acids is 1. The fourth-order valence-electron chi connectivity index (χ4n) is 2.28. The van der Waals surface area contributed by atoms with Gasteiger partial charge >= 0.3 is 5.97 Å². The van der Waals surface area contributed by atoms with E-state index in [9.17, 15) is 19.5 Å². The van der Waals surface area contributed by atoms with Crippen molar-refractivity contribution in [1.29, 1.82) is 0 Å². The molecule has 0 bridgehead atoms. The van der Waals surface area contributed by atoms with Crippen LogP contribution in [0.3, 0.4) is 0 Å². The molecule has 1 atom stereocenters. The molecular weight excluding hydrogens is 236 g/mol. The maximum absolute atomic E-state index is 11.9. The van der Waals surface area contributed by atoms with Crippen LogP contribution < -0.4 is 5.32 Å². The first-order valence-corrected chi connectivity index (χ1v) is 6.27. The van der Waals surface area contributed by atoms with Crippen LogP contribution in [0.5, 0.6) is 0 Å². The van der Waals surface area contributed by atoms with E-state index in [2.05, 4.69) is 5.32 Å². The number of likely N-dealkylation sites (tertiary alicyclic amines) is 1. The van der Waals surface area contributed by atoms with Gasteiger partial charge in [-0.3, -0.25) is 24.6 Å². The van der Waals surface area contributed by atoms with Crippen LogP contribution >= 0.6 is 0 Å². The quantitative estimate of drug-likeness (QED) is 0.670. The van der Waals surface area contributed by atoms with Gasteiger partial charge in [-0.25, -0.2) is 0 Å². The average molecular weight is 256 g/mol. The van der Waals surface area contributed by atoms with E-state index in [1.165, 1.54) is 0 Å². The number of imide groups is 1.